The Labute approximate surface area is 536 Å². The molecule has 21 nitrogen and oxygen atoms in total. The molecule has 21 heteroatoms. The Morgan fingerprint density at radius 2 is 0.567 bits per heavy atom. The SMILES string of the molecule is CCCCOC(=O)NCC1CCCC(CN=C=NCC2CCCC(Cn3c(=O)n(CC4CCCC(CN=C=NCC5CCCC(CNC(=O)OCCCC)C5)C4)c(=O)n(CC4CCCC(CN=C=NCC5CCCC(CNC(=O)OCCCC)C5)C4)c3=O)C2)C1. The molecule has 3 N–H and O–H groups in total. The molecule has 1 heterocycles. The van der Waals surface area contributed by atoms with Crippen LogP contribution in [0.2, 0.25) is 0 Å². The van der Waals surface area contributed by atoms with Crippen LogP contribution >= 0.6 is 0 Å². The number of carbonyl (C=O) groups is 3. The highest BCUT2D eigenvalue weighted by Crippen LogP contribution is 2.35. The maximum Gasteiger partial charge on any atom is 0.407 e. The molecule has 0 radical (unpaired) electrons. The number of aliphatic imine (C=N–C) groups is 6. The maximum atomic E-state index is 14.8. The fourth-order valence-corrected chi connectivity index (χ4v) is 15.3. The van der Waals surface area contributed by atoms with Crippen molar-refractivity contribution in [1.29, 1.82) is 0 Å². The van der Waals surface area contributed by atoms with Crippen molar-refractivity contribution < 1.29 is 28.6 Å². The molecule has 6 fully saturated rings. The van der Waals surface area contributed by atoms with Crippen LogP contribution in [0.15, 0.2) is 44.3 Å². The molecule has 0 saturated heterocycles. The van der Waals surface area contributed by atoms with Crippen molar-refractivity contribution in [2.75, 3.05) is 78.7 Å². The first kappa shape index (κ1) is 71.8. The minimum absolute atomic E-state index is 0.0828. The van der Waals surface area contributed by atoms with Gasteiger partial charge in [-0.15, -0.1) is 0 Å². The van der Waals surface area contributed by atoms with Crippen molar-refractivity contribution in [3.05, 3.63) is 31.5 Å². The second-order valence-corrected chi connectivity index (χ2v) is 28.0. The molecule has 12 atom stereocenters. The quantitative estimate of drug-likeness (QED) is 0.0343. The molecule has 504 valence electrons. The van der Waals surface area contributed by atoms with Gasteiger partial charge in [-0.3, -0.25) is 0 Å². The van der Waals surface area contributed by atoms with Gasteiger partial charge < -0.3 is 30.2 Å². The zero-order valence-electron chi connectivity index (χ0n) is 55.4. The fraction of sp³-hybridized carbons (Fsp3) is 0.870. The van der Waals surface area contributed by atoms with Crippen LogP contribution in [0, 0.1) is 71.0 Å². The Bertz CT molecular complexity index is 2390. The summed E-state index contributed by atoms with van der Waals surface area (Å²) in [6.45, 7) is 14.0. The standard InChI is InChI=1S/C69H114N12O9/c1-4-7-28-88-64(82)76-43-58-22-10-16-52(31-58)37-70-49-73-40-55-19-13-25-61(34-55)46-79-67(85)80(47-62-26-14-20-56(35-62)41-74-50-71-38-53-17-11-23-59(32-53)44-77-65(83)89-29-8-5-2)69(87)81(68(79)86)48-63-27-15-21-57(36-63)42-75-51-72-39-54-18-12-24-60(33-54)45-78-66(84)90-30-9-6-3/h52-63H,4-48H2,1-3H3,(H,76,82)(H,77,83)(H,78,84). The van der Waals surface area contributed by atoms with E-state index in [4.69, 9.17) is 14.2 Å². The number of unbranched alkanes of at least 4 members (excludes halogenated alkanes) is 3. The van der Waals surface area contributed by atoms with Crippen molar-refractivity contribution in [3.63, 3.8) is 0 Å². The topological polar surface area (TPSA) is 255 Å². The van der Waals surface area contributed by atoms with Crippen molar-refractivity contribution in [2.24, 2.45) is 101 Å². The van der Waals surface area contributed by atoms with E-state index in [2.05, 4.69) is 84.7 Å². The van der Waals surface area contributed by atoms with Gasteiger partial charge in [-0.05, 0) is 206 Å². The van der Waals surface area contributed by atoms with Gasteiger partial charge in [0.25, 0.3) is 0 Å². The summed E-state index contributed by atoms with van der Waals surface area (Å²) in [6.07, 6.45) is 28.6. The zero-order chi connectivity index (χ0) is 63.6. The van der Waals surface area contributed by atoms with Crippen LogP contribution in [0.5, 0.6) is 0 Å². The Kier molecular flexibility index (Phi) is 32.7. The van der Waals surface area contributed by atoms with Crippen molar-refractivity contribution in [1.82, 2.24) is 29.7 Å². The van der Waals surface area contributed by atoms with Crippen LogP contribution in [0.4, 0.5) is 14.4 Å². The lowest BCUT2D eigenvalue weighted by Crippen LogP contribution is -2.56. The number of alkyl carbamates (subject to hydrolysis) is 3. The van der Waals surface area contributed by atoms with E-state index in [9.17, 15) is 28.8 Å². The number of aromatic nitrogens is 3. The Balaban J connectivity index is 0.954. The highest BCUT2D eigenvalue weighted by Gasteiger charge is 2.31. The van der Waals surface area contributed by atoms with Gasteiger partial charge in [-0.2, -0.15) is 0 Å². The van der Waals surface area contributed by atoms with Crippen LogP contribution in [0.25, 0.3) is 0 Å². The summed E-state index contributed by atoms with van der Waals surface area (Å²) >= 11 is 0. The van der Waals surface area contributed by atoms with Crippen LogP contribution in [0.1, 0.15) is 213 Å². The van der Waals surface area contributed by atoms with E-state index < -0.39 is 17.1 Å². The van der Waals surface area contributed by atoms with Gasteiger partial charge in [0, 0.05) is 39.3 Å². The average molecular weight is 1260 g/mol. The van der Waals surface area contributed by atoms with Crippen molar-refractivity contribution in [3.8, 4) is 0 Å². The maximum absolute atomic E-state index is 14.8. The molecule has 7 rings (SSSR count). The summed E-state index contributed by atoms with van der Waals surface area (Å²) in [5.74, 6) is 3.60. The van der Waals surface area contributed by atoms with Gasteiger partial charge in [0.05, 0.1) is 77.1 Å². The number of ether oxygens (including phenoxy) is 3. The number of rotatable bonds is 33. The summed E-state index contributed by atoms with van der Waals surface area (Å²) in [4.78, 5) is 108. The minimum Gasteiger partial charge on any atom is -0.450 e. The first-order valence-electron chi connectivity index (χ1n) is 35.9. The molecule has 6 saturated carbocycles. The Hall–Kier alpha value is -5.64. The average Bonchev–Trinajstić information content (AvgIpc) is 0.873. The van der Waals surface area contributed by atoms with Gasteiger partial charge in [0.15, 0.2) is 0 Å². The molecule has 1 aromatic rings. The zero-order valence-corrected chi connectivity index (χ0v) is 55.4. The van der Waals surface area contributed by atoms with E-state index in [1.165, 1.54) is 13.7 Å². The van der Waals surface area contributed by atoms with E-state index in [0.717, 1.165) is 193 Å². The number of amides is 3. The first-order valence-corrected chi connectivity index (χ1v) is 35.9. The van der Waals surface area contributed by atoms with E-state index in [0.29, 0.717) is 114 Å². The molecule has 6 aliphatic carbocycles. The summed E-state index contributed by atoms with van der Waals surface area (Å²) in [5.41, 5.74) is -1.50. The number of nitrogens with one attached hydrogen (secondary N) is 3. The summed E-state index contributed by atoms with van der Waals surface area (Å²) in [6, 6.07) is 9.01. The molecule has 90 heavy (non-hydrogen) atoms. The fourth-order valence-electron chi connectivity index (χ4n) is 15.3. The number of carbonyl (C=O) groups excluding carboxylic acids is 3. The van der Waals surface area contributed by atoms with Crippen molar-refractivity contribution in [2.45, 2.75) is 233 Å². The smallest absolute Gasteiger partial charge is 0.407 e. The molecular weight excluding hydrogens is 1140 g/mol. The van der Waals surface area contributed by atoms with Crippen LogP contribution < -0.4 is 33.0 Å². The molecule has 6 aliphatic rings. The molecule has 12 unspecified atom stereocenters. The molecule has 1 aromatic heterocycles. The second kappa shape index (κ2) is 41.1. The molecule has 0 aromatic carbocycles. The molecular formula is C69H114N12O9. The monoisotopic (exact) mass is 1250 g/mol. The lowest BCUT2D eigenvalue weighted by atomic mass is 9.81. The highest BCUT2D eigenvalue weighted by molar-refractivity contribution is 5.67. The third-order valence-corrected chi connectivity index (χ3v) is 20.4. The predicted octanol–water partition coefficient (Wildman–Crippen LogP) is 12.1. The van der Waals surface area contributed by atoms with Crippen LogP contribution in [0.3, 0.4) is 0 Å². The van der Waals surface area contributed by atoms with Gasteiger partial charge in [0.1, 0.15) is 0 Å². The van der Waals surface area contributed by atoms with Crippen molar-refractivity contribution >= 4 is 36.3 Å². The predicted molar refractivity (Wildman–Crippen MR) is 353 cm³/mol. The number of hydrogen-bond acceptors (Lipinski definition) is 15. The summed E-state index contributed by atoms with van der Waals surface area (Å²) < 4.78 is 20.0. The Morgan fingerprint density at radius 1 is 0.356 bits per heavy atom. The summed E-state index contributed by atoms with van der Waals surface area (Å²) in [7, 11) is 0. The van der Waals surface area contributed by atoms with E-state index in [1.54, 1.807) is 0 Å². The lowest BCUT2D eigenvalue weighted by Gasteiger charge is -2.31. The number of nitrogens with zero attached hydrogens (tertiary/aromatic N) is 9. The highest BCUT2D eigenvalue weighted by atomic mass is 16.6. The third-order valence-electron chi connectivity index (χ3n) is 20.4. The second-order valence-electron chi connectivity index (χ2n) is 28.0. The largest absolute Gasteiger partial charge is 0.450 e. The Morgan fingerprint density at radius 3 is 0.800 bits per heavy atom. The van der Waals surface area contributed by atoms with Gasteiger partial charge >= 0.3 is 35.3 Å². The van der Waals surface area contributed by atoms with Crippen LogP contribution in [-0.2, 0) is 33.8 Å². The van der Waals surface area contributed by atoms with Crippen LogP contribution in [-0.4, -0.2) is 129 Å². The summed E-state index contributed by atoms with van der Waals surface area (Å²) in [5, 5.41) is 8.85. The minimum atomic E-state index is -0.501. The molecule has 3 amide bonds. The molecule has 0 bridgehead atoms. The van der Waals surface area contributed by atoms with E-state index in [-0.39, 0.29) is 73.4 Å². The first-order chi connectivity index (χ1) is 44.0. The molecule has 0 spiro atoms. The van der Waals surface area contributed by atoms with E-state index in [1.807, 2.05) is 0 Å². The lowest BCUT2D eigenvalue weighted by molar-refractivity contribution is 0.139. The third kappa shape index (κ3) is 26.2. The van der Waals surface area contributed by atoms with E-state index >= 15 is 0 Å². The number of hydrogen-bond donors (Lipinski definition) is 3. The van der Waals surface area contributed by atoms with Gasteiger partial charge in [-0.1, -0.05) is 78.6 Å². The molecule has 0 aliphatic heterocycles. The van der Waals surface area contributed by atoms with Gasteiger partial charge in [0.2, 0.25) is 0 Å². The van der Waals surface area contributed by atoms with Gasteiger partial charge in [-0.25, -0.2) is 72.4 Å². The normalized spacial score (nSPS) is 26.8.